The maximum atomic E-state index is 13.8. The highest BCUT2D eigenvalue weighted by Crippen LogP contribution is 2.32. The van der Waals surface area contributed by atoms with Gasteiger partial charge in [-0.2, -0.15) is 13.2 Å². The molecule has 0 aliphatic rings. The van der Waals surface area contributed by atoms with E-state index in [1.54, 1.807) is 30.3 Å². The van der Waals surface area contributed by atoms with Gasteiger partial charge in [0, 0.05) is 17.7 Å². The van der Waals surface area contributed by atoms with E-state index < -0.39 is 23.7 Å². The Morgan fingerprint density at radius 3 is 2.59 bits per heavy atom. The quantitative estimate of drug-likeness (QED) is 0.390. The van der Waals surface area contributed by atoms with Gasteiger partial charge in [0.2, 0.25) is 5.91 Å². The Kier molecular flexibility index (Phi) is 6.58. The molecule has 0 radical (unpaired) electrons. The van der Waals surface area contributed by atoms with Gasteiger partial charge in [0.05, 0.1) is 23.2 Å². The van der Waals surface area contributed by atoms with Crippen LogP contribution < -0.4 is 5.32 Å². The fraction of sp³-hybridized carbons (Fsp3) is 0.200. The van der Waals surface area contributed by atoms with Gasteiger partial charge in [-0.1, -0.05) is 24.3 Å². The highest BCUT2D eigenvalue weighted by atomic mass is 32.2. The molecule has 0 unspecified atom stereocenters. The molecule has 0 atom stereocenters. The number of carbonyl (C=O) groups excluding carboxylic acids is 1. The zero-order chi connectivity index (χ0) is 20.9. The van der Waals surface area contributed by atoms with Gasteiger partial charge >= 0.3 is 6.18 Å². The zero-order valence-corrected chi connectivity index (χ0v) is 15.8. The van der Waals surface area contributed by atoms with Crippen molar-refractivity contribution in [3.8, 4) is 11.3 Å². The van der Waals surface area contributed by atoms with E-state index in [2.05, 4.69) is 10.3 Å². The number of nitrogens with zero attached hydrogens (tertiary/aromatic N) is 1. The molecular formula is C20H16F4N2O2S. The maximum absolute atomic E-state index is 13.8. The minimum absolute atomic E-state index is 0.00942. The van der Waals surface area contributed by atoms with Crippen molar-refractivity contribution in [2.24, 2.45) is 0 Å². The molecule has 0 spiro atoms. The minimum atomic E-state index is -4.30. The molecule has 29 heavy (non-hydrogen) atoms. The summed E-state index contributed by atoms with van der Waals surface area (Å²) in [5.74, 6) is -1.36. The van der Waals surface area contributed by atoms with Gasteiger partial charge in [0.25, 0.3) is 0 Å². The van der Waals surface area contributed by atoms with E-state index in [1.807, 2.05) is 0 Å². The van der Waals surface area contributed by atoms with Crippen LogP contribution in [0.3, 0.4) is 0 Å². The first-order chi connectivity index (χ1) is 13.8. The van der Waals surface area contributed by atoms with Crippen LogP contribution in [0.4, 0.5) is 23.2 Å². The molecule has 1 heterocycles. The van der Waals surface area contributed by atoms with Gasteiger partial charge in [-0.15, -0.1) is 11.8 Å². The smallest absolute Gasteiger partial charge is 0.398 e. The van der Waals surface area contributed by atoms with Gasteiger partial charge in [0.1, 0.15) is 5.82 Å². The van der Waals surface area contributed by atoms with Crippen molar-refractivity contribution in [1.29, 1.82) is 0 Å². The lowest BCUT2D eigenvalue weighted by molar-refractivity contribution is -0.116. The van der Waals surface area contributed by atoms with Crippen molar-refractivity contribution < 1.29 is 26.8 Å². The average Bonchev–Trinajstić information content (AvgIpc) is 3.14. The maximum Gasteiger partial charge on any atom is 0.398 e. The van der Waals surface area contributed by atoms with Crippen LogP contribution in [-0.2, 0) is 11.2 Å². The number of nitrogens with one attached hydrogen (secondary N) is 1. The molecule has 1 aromatic heterocycles. The van der Waals surface area contributed by atoms with Gasteiger partial charge in [-0.3, -0.25) is 4.79 Å². The van der Waals surface area contributed by atoms with Crippen LogP contribution in [-0.4, -0.2) is 22.8 Å². The second kappa shape index (κ2) is 9.13. The third-order valence-electron chi connectivity index (χ3n) is 3.81. The summed E-state index contributed by atoms with van der Waals surface area (Å²) in [6.07, 6.45) is -2.74. The molecule has 3 rings (SSSR count). The van der Waals surface area contributed by atoms with E-state index in [-0.39, 0.29) is 30.1 Å². The van der Waals surface area contributed by atoms with Crippen molar-refractivity contribution in [1.82, 2.24) is 4.98 Å². The van der Waals surface area contributed by atoms with E-state index in [0.717, 1.165) is 0 Å². The predicted molar refractivity (Wildman–Crippen MR) is 102 cm³/mol. The van der Waals surface area contributed by atoms with Crippen LogP contribution in [0.2, 0.25) is 0 Å². The number of aryl methyl sites for hydroxylation is 1. The number of thioether (sulfide) groups is 1. The fourth-order valence-electron chi connectivity index (χ4n) is 2.50. The molecule has 0 saturated heterocycles. The lowest BCUT2D eigenvalue weighted by Crippen LogP contribution is -2.14. The molecule has 1 N–H and O–H groups in total. The number of anilines is 1. The van der Waals surface area contributed by atoms with Crippen molar-refractivity contribution in [3.05, 3.63) is 66.4 Å². The second-order valence-corrected chi connectivity index (χ2v) is 7.06. The Morgan fingerprint density at radius 1 is 1.10 bits per heavy atom. The van der Waals surface area contributed by atoms with Crippen LogP contribution >= 0.6 is 11.8 Å². The van der Waals surface area contributed by atoms with E-state index >= 15 is 0 Å². The first-order valence-electron chi connectivity index (χ1n) is 8.60. The highest BCUT2D eigenvalue weighted by Gasteiger charge is 2.27. The number of oxazole rings is 1. The molecule has 0 aliphatic heterocycles. The van der Waals surface area contributed by atoms with E-state index in [1.165, 1.54) is 24.4 Å². The zero-order valence-electron chi connectivity index (χ0n) is 15.0. The molecule has 3 aromatic rings. The van der Waals surface area contributed by atoms with Gasteiger partial charge in [-0.25, -0.2) is 9.37 Å². The Balaban J connectivity index is 1.58. The van der Waals surface area contributed by atoms with Crippen molar-refractivity contribution >= 4 is 23.4 Å². The van der Waals surface area contributed by atoms with Gasteiger partial charge in [-0.05, 0) is 24.3 Å². The number of aromatic nitrogens is 1. The van der Waals surface area contributed by atoms with Crippen LogP contribution in [0.25, 0.3) is 11.3 Å². The molecule has 9 heteroatoms. The normalized spacial score (nSPS) is 11.4. The number of alkyl halides is 3. The summed E-state index contributed by atoms with van der Waals surface area (Å²) in [7, 11) is 0. The summed E-state index contributed by atoms with van der Waals surface area (Å²) >= 11 is 0.607. The number of benzene rings is 2. The minimum Gasteiger partial charge on any atom is -0.441 e. The Morgan fingerprint density at radius 2 is 1.83 bits per heavy atom. The summed E-state index contributed by atoms with van der Waals surface area (Å²) in [6.45, 7) is 0. The summed E-state index contributed by atoms with van der Waals surface area (Å²) in [6, 6.07) is 12.4. The largest absolute Gasteiger partial charge is 0.441 e. The third kappa shape index (κ3) is 6.08. The van der Waals surface area contributed by atoms with Crippen LogP contribution in [0, 0.1) is 5.82 Å². The number of carbonyl (C=O) groups is 1. The molecule has 4 nitrogen and oxygen atoms in total. The van der Waals surface area contributed by atoms with Gasteiger partial charge < -0.3 is 9.73 Å². The predicted octanol–water partition coefficient (Wildman–Crippen LogP) is 5.71. The lowest BCUT2D eigenvalue weighted by atomic mass is 10.2. The molecular weight excluding hydrogens is 408 g/mol. The van der Waals surface area contributed by atoms with E-state index in [0.29, 0.717) is 22.3 Å². The fourth-order valence-corrected chi connectivity index (χ4v) is 3.27. The standard InChI is InChI=1S/C20H16F4N2O2S/c21-14-6-2-1-5-13(14)16-11-25-19(28-16)10-9-18(27)26-15-7-3-4-8-17(15)29-12-20(22,23)24/h1-8,11H,9-10,12H2,(H,26,27). The van der Waals surface area contributed by atoms with E-state index in [4.69, 9.17) is 4.42 Å². The molecule has 0 saturated carbocycles. The highest BCUT2D eigenvalue weighted by molar-refractivity contribution is 7.99. The first-order valence-corrected chi connectivity index (χ1v) is 9.58. The molecule has 1 amide bonds. The lowest BCUT2D eigenvalue weighted by Gasteiger charge is -2.11. The third-order valence-corrected chi connectivity index (χ3v) is 4.95. The number of halogens is 4. The number of amides is 1. The van der Waals surface area contributed by atoms with Crippen molar-refractivity contribution in [3.63, 3.8) is 0 Å². The van der Waals surface area contributed by atoms with Crippen LogP contribution in [0.1, 0.15) is 12.3 Å². The molecule has 0 bridgehead atoms. The average molecular weight is 424 g/mol. The molecule has 152 valence electrons. The summed E-state index contributed by atoms with van der Waals surface area (Å²) in [4.78, 5) is 16.6. The van der Waals surface area contributed by atoms with Crippen molar-refractivity contribution in [2.75, 3.05) is 11.1 Å². The van der Waals surface area contributed by atoms with Crippen LogP contribution in [0.5, 0.6) is 0 Å². The Bertz CT molecular complexity index is 988. The summed E-state index contributed by atoms with van der Waals surface area (Å²) in [5.41, 5.74) is 0.581. The number of hydrogen-bond donors (Lipinski definition) is 1. The van der Waals surface area contributed by atoms with E-state index in [9.17, 15) is 22.4 Å². The van der Waals surface area contributed by atoms with Crippen molar-refractivity contribution in [2.45, 2.75) is 23.9 Å². The molecule has 2 aromatic carbocycles. The van der Waals surface area contributed by atoms with Gasteiger partial charge in [0.15, 0.2) is 11.7 Å². The van der Waals surface area contributed by atoms with Crippen LogP contribution in [0.15, 0.2) is 64.0 Å². The number of hydrogen-bond acceptors (Lipinski definition) is 4. The number of rotatable bonds is 7. The summed E-state index contributed by atoms with van der Waals surface area (Å²) < 4.78 is 56.6. The Labute approximate surface area is 168 Å². The monoisotopic (exact) mass is 424 g/mol. The second-order valence-electron chi connectivity index (χ2n) is 6.05. The summed E-state index contributed by atoms with van der Waals surface area (Å²) in [5, 5.41) is 2.61. The molecule has 0 fully saturated rings. The SMILES string of the molecule is O=C(CCc1ncc(-c2ccccc2F)o1)Nc1ccccc1SCC(F)(F)F. The number of para-hydroxylation sites is 1. The molecule has 0 aliphatic carbocycles. The topological polar surface area (TPSA) is 55.1 Å². The first kappa shape index (κ1) is 20.9. The Hall–Kier alpha value is -2.81.